The number of benzene rings is 4. The first kappa shape index (κ1) is 72.2. The van der Waals surface area contributed by atoms with Crippen LogP contribution in [0.3, 0.4) is 0 Å². The summed E-state index contributed by atoms with van der Waals surface area (Å²) in [6.07, 6.45) is -8.21. The number of hydrogen-bond acceptors (Lipinski definition) is 17. The second kappa shape index (κ2) is 29.4. The number of anilines is 4. The van der Waals surface area contributed by atoms with E-state index in [1.807, 2.05) is 20.8 Å². The number of amides is 4. The highest BCUT2D eigenvalue weighted by Gasteiger charge is 2.45. The normalized spacial score (nSPS) is 12.1. The number of carboxylic acid groups (broad SMARTS) is 1. The van der Waals surface area contributed by atoms with E-state index < -0.39 is 95.4 Å². The zero-order chi connectivity index (χ0) is 66.2. The van der Waals surface area contributed by atoms with Gasteiger partial charge in [0.15, 0.2) is 0 Å². The number of phenols is 1. The second-order valence-electron chi connectivity index (χ2n) is 21.8. The maximum atomic E-state index is 13.7. The number of aliphatic carboxylic acids is 1. The van der Waals surface area contributed by atoms with E-state index in [0.717, 1.165) is 42.6 Å². The van der Waals surface area contributed by atoms with Gasteiger partial charge in [0.2, 0.25) is 11.0 Å². The number of aromatic nitrogens is 8. The Morgan fingerprint density at radius 2 is 0.967 bits per heavy atom. The summed E-state index contributed by atoms with van der Waals surface area (Å²) < 4.78 is 92.7. The third kappa shape index (κ3) is 19.7. The number of aromatic amines is 4. The topological polar surface area (TPSA) is 389 Å². The number of esters is 1. The van der Waals surface area contributed by atoms with Gasteiger partial charge >= 0.3 is 59.3 Å². The number of carboxylic acids is 1. The maximum absolute atomic E-state index is 13.7. The molecule has 92 heavy (non-hydrogen) atoms. The lowest BCUT2D eigenvalue weighted by atomic mass is 10.1. The molecule has 0 aliphatic carbocycles. The summed E-state index contributed by atoms with van der Waals surface area (Å²) in [5.74, 6) is -7.80. The van der Waals surface area contributed by atoms with Crippen LogP contribution in [0, 0.1) is 0 Å². The van der Waals surface area contributed by atoms with Crippen LogP contribution < -0.4 is 82.5 Å². The fourth-order valence-corrected chi connectivity index (χ4v) is 8.37. The Morgan fingerprint density at radius 1 is 0.587 bits per heavy atom. The van der Waals surface area contributed by atoms with Gasteiger partial charge in [0.25, 0.3) is 22.9 Å². The Morgan fingerprint density at radius 3 is 1.34 bits per heavy atom. The number of rotatable bonds is 17. The van der Waals surface area contributed by atoms with Crippen LogP contribution in [0.5, 0.6) is 11.5 Å². The lowest BCUT2D eigenvalue weighted by Crippen LogP contribution is -3.00. The van der Waals surface area contributed by atoms with Crippen molar-refractivity contribution in [3.8, 4) is 11.5 Å². The van der Waals surface area contributed by atoms with Gasteiger partial charge in [-0.2, -0.15) is 26.3 Å². The number of halogens is 8. The van der Waals surface area contributed by atoms with E-state index in [0.29, 0.717) is 26.7 Å². The predicted molar refractivity (Wildman–Crippen MR) is 316 cm³/mol. The summed E-state index contributed by atoms with van der Waals surface area (Å²) in [4.78, 5) is 126. The minimum atomic E-state index is -5.27. The predicted octanol–water partition coefficient (Wildman–Crippen LogP) is -0.397. The fraction of sp³-hybridized carbons (Fsp3) is 0.276. The first-order valence-electron chi connectivity index (χ1n) is 26.7. The smallest absolute Gasteiger partial charge is 0.471 e. The molecule has 0 aliphatic heterocycles. The van der Waals surface area contributed by atoms with Gasteiger partial charge < -0.3 is 66.6 Å². The standard InChI is InChI=1S/C33H36F3N7O6.C25H20F3N7O6.2ClH.4H2/c1-31(2,3)48-22-13-7-18(8-14-22)15-23(28(46)49-32(4,5)6)40-26(44)19-9-11-21(12-10-19)43(29(47)33(34,35)36)17-20-16-38-25-24(39-20)27(45)42-30(37)41-25;26-25(27,28)23(41)35(11-14-10-30-19-18(31-14)21(38)34-24(29)33-19)15-5-3-13(4-6-15)20(37)32-17(22(39)40)9-12-1-7-16(36)8-2-12;;;;;;/h7-14,16,23H,15,17H2,1-6H3,(H,40,44)(H3,37,38,41,42,45);1-8,10,17,36H,9,11H2,(H,32,37)(H,39,40)(H3,29,30,33,34,38);6*1H/t23-;17-;;;;;;/m00....../s1/i7+1,8+1,13+1,14+1,15+1,18+1,22+1,23+1,28+1;1+1,2+1,7+1,8+1,9+1,12+1,16+1,17+1,22+1;;;;;;. The molecular weight excluding hydrogens is 1290 g/mol. The fourth-order valence-electron chi connectivity index (χ4n) is 8.37. The number of H-pyrrole nitrogens is 4. The molecule has 0 spiro atoms. The number of nitrogens with two attached hydrogens (primary N) is 2. The highest BCUT2D eigenvalue weighted by molar-refractivity contribution is 6.01. The van der Waals surface area contributed by atoms with Crippen molar-refractivity contribution in [1.29, 1.82) is 0 Å². The molecule has 2 atom stereocenters. The van der Waals surface area contributed by atoms with E-state index in [9.17, 15) is 74.9 Å². The van der Waals surface area contributed by atoms with Crippen LogP contribution in [0.15, 0.2) is 119 Å². The molecule has 4 heterocycles. The van der Waals surface area contributed by atoms with E-state index >= 15 is 0 Å². The lowest BCUT2D eigenvalue weighted by molar-refractivity contribution is -0.349. The number of hydrogen-bond donors (Lipinski definition) is 8. The average molecular weight is 1350 g/mol. The van der Waals surface area contributed by atoms with Gasteiger partial charge in [0.05, 0.1) is 13.1 Å². The number of ether oxygens (including phenoxy) is 2. The SMILES string of the molecule is CC(C)(C)O[13C](=O)[13C@H]([13CH2][13c]1[13cH][13cH][13c](OC(C)(C)C)[13cH][13cH]1)NC(=O)c1ccc(N(Cc2c[nH+]c3nc(N)[nH]c(=O)c3n2)C(=O)C(F)(F)F)cc1.Nc1nc2[nH+]cc(CN(C(=O)C(F)(F)F)c3ccc(C(=O)N[13C@@H]([13CH2][13c]4[13cH][13cH][13c](O)[13cH][13cH]4)[13C](=O)O)cc3)nc2c(=O)[nH]1.[Cl-].[Cl-].[HH].[HH].[HH].[HH]. The van der Waals surface area contributed by atoms with Crippen LogP contribution in [0.4, 0.5) is 49.6 Å². The number of nitrogens with zero attached hydrogens (tertiary/aromatic N) is 6. The molecule has 0 fully saturated rings. The van der Waals surface area contributed by atoms with Crippen molar-refractivity contribution in [2.45, 2.75) is 103 Å². The minimum Gasteiger partial charge on any atom is -1.00 e. The Hall–Kier alpha value is -10.5. The molecule has 0 radical (unpaired) electrons. The summed E-state index contributed by atoms with van der Waals surface area (Å²) in [5.41, 5.74) is 8.17. The number of nitrogen functional groups attached to an aromatic ring is 2. The number of carbonyl (C=O) groups excluding carboxylic acids is 5. The van der Waals surface area contributed by atoms with Gasteiger partial charge in [-0.15, -0.1) is 0 Å². The van der Waals surface area contributed by atoms with E-state index in [2.05, 4.69) is 50.5 Å². The number of alkyl halides is 6. The zero-order valence-electron chi connectivity index (χ0n) is 49.2. The van der Waals surface area contributed by atoms with Crippen molar-refractivity contribution in [1.82, 2.24) is 40.5 Å². The Kier molecular flexibility index (Phi) is 23.1. The number of nitrogens with one attached hydrogen (secondary N) is 6. The summed E-state index contributed by atoms with van der Waals surface area (Å²) in [6.45, 7) is 9.38. The quantitative estimate of drug-likeness (QED) is 0.0327. The number of fused-ring (bicyclic) bond motifs is 2. The molecule has 4 aromatic carbocycles. The summed E-state index contributed by atoms with van der Waals surface area (Å²) in [6, 6.07) is 19.4. The lowest BCUT2D eigenvalue weighted by Gasteiger charge is -2.25. The molecule has 0 bridgehead atoms. The summed E-state index contributed by atoms with van der Waals surface area (Å²) in [7, 11) is 0. The number of carbonyl (C=O) groups is 6. The summed E-state index contributed by atoms with van der Waals surface area (Å²) in [5, 5.41) is 23.9. The Bertz CT molecular complexity index is 4140. The monoisotopic (exact) mass is 1350 g/mol. The Labute approximate surface area is 535 Å². The van der Waals surface area contributed by atoms with Crippen LogP contribution in [-0.4, -0.2) is 111 Å². The van der Waals surface area contributed by atoms with Gasteiger partial charge in [-0.3, -0.25) is 48.5 Å². The van der Waals surface area contributed by atoms with Crippen molar-refractivity contribution in [2.75, 3.05) is 21.3 Å². The minimum absolute atomic E-state index is 0. The highest BCUT2D eigenvalue weighted by atomic mass is 35.5. The van der Waals surface area contributed by atoms with Crippen LogP contribution in [-0.2, 0) is 49.8 Å². The molecule has 496 valence electrons. The van der Waals surface area contributed by atoms with Gasteiger partial charge in [-0.1, -0.05) is 24.3 Å². The van der Waals surface area contributed by atoms with Crippen LogP contribution in [0.1, 0.15) is 90.5 Å². The van der Waals surface area contributed by atoms with Gasteiger partial charge in [-0.05, 0) is 135 Å². The van der Waals surface area contributed by atoms with E-state index in [4.69, 9.17) is 20.9 Å². The Balaban J connectivity index is 0.000000915. The van der Waals surface area contributed by atoms with E-state index in [1.54, 1.807) is 45.0 Å². The van der Waals surface area contributed by atoms with Crippen molar-refractivity contribution < 1.29 is 115 Å². The number of phenolic OH excluding ortho intramolecular Hbond substituents is 1. The van der Waals surface area contributed by atoms with Crippen molar-refractivity contribution >= 4 is 81.2 Å². The van der Waals surface area contributed by atoms with Gasteiger partial charge in [0, 0.05) is 41.0 Å². The van der Waals surface area contributed by atoms with Gasteiger partial charge in [0.1, 0.15) is 58.6 Å². The number of aromatic hydroxyl groups is 1. The molecule has 0 aliphatic rings. The highest BCUT2D eigenvalue weighted by Crippen LogP contribution is 2.29. The third-order valence-electron chi connectivity index (χ3n) is 12.3. The van der Waals surface area contributed by atoms with Crippen LogP contribution in [0.25, 0.3) is 22.3 Å². The molecule has 4 aromatic heterocycles. The van der Waals surface area contributed by atoms with E-state index in [-0.39, 0.29) is 117 Å². The maximum Gasteiger partial charge on any atom is 0.471 e. The first-order valence-corrected chi connectivity index (χ1v) is 26.7. The molecule has 0 saturated carbocycles. The second-order valence-corrected chi connectivity index (χ2v) is 21.8. The van der Waals surface area contributed by atoms with Crippen molar-refractivity contribution in [3.05, 3.63) is 164 Å². The molecular formula is C58H66Cl2F6N14O12. The van der Waals surface area contributed by atoms with Crippen molar-refractivity contribution in [3.63, 3.8) is 0 Å². The first-order chi connectivity index (χ1) is 42.0. The van der Waals surface area contributed by atoms with Gasteiger partial charge in [-0.25, -0.2) is 29.5 Å². The molecule has 0 unspecified atom stereocenters. The average Bonchev–Trinajstić information content (AvgIpc) is 0.808. The molecule has 4 amide bonds. The molecule has 8 aromatic rings. The summed E-state index contributed by atoms with van der Waals surface area (Å²) >= 11 is 0. The van der Waals surface area contributed by atoms with Crippen molar-refractivity contribution in [2.24, 2.45) is 0 Å². The molecule has 0 saturated heterocycles. The third-order valence-corrected chi connectivity index (χ3v) is 12.3. The largest absolute Gasteiger partial charge is 1.00 e. The molecule has 12 N–H and O–H groups in total. The van der Waals surface area contributed by atoms with Crippen LogP contribution in [0.2, 0.25) is 0 Å². The molecule has 26 nitrogen and oxygen atoms in total. The molecule has 34 heteroatoms. The molecule has 8 rings (SSSR count). The van der Waals surface area contributed by atoms with E-state index in [1.165, 1.54) is 42.6 Å². The zero-order valence-corrected chi connectivity index (χ0v) is 50.7. The van der Waals surface area contributed by atoms with Crippen LogP contribution >= 0.6 is 0 Å².